The van der Waals surface area contributed by atoms with Crippen LogP contribution in [0.25, 0.3) is 0 Å². The Morgan fingerprint density at radius 2 is 1.38 bits per heavy atom. The summed E-state index contributed by atoms with van der Waals surface area (Å²) in [6.45, 7) is 11.7. The van der Waals surface area contributed by atoms with Crippen LogP contribution in [0.3, 0.4) is 0 Å². The SMILES string of the molecule is C/C(=C\[C@H](C(C)C)N(C)C(=O)CNC=O)C(=O)O.C1CCCCC1.CC(C)C.Cl. The van der Waals surface area contributed by atoms with Gasteiger partial charge in [0.05, 0.1) is 12.6 Å². The molecule has 172 valence electrons. The highest BCUT2D eigenvalue weighted by molar-refractivity contribution is 5.86. The molecule has 0 aromatic heterocycles. The third-order valence-electron chi connectivity index (χ3n) is 4.12. The van der Waals surface area contributed by atoms with Gasteiger partial charge in [-0.1, -0.05) is 79.2 Å². The Hall–Kier alpha value is -1.56. The molecule has 7 heteroatoms. The molecular weight excluding hydrogens is 392 g/mol. The Balaban J connectivity index is -0.000000501. The van der Waals surface area contributed by atoms with Crippen LogP contribution < -0.4 is 5.32 Å². The first-order valence-electron chi connectivity index (χ1n) is 10.4. The fourth-order valence-corrected chi connectivity index (χ4v) is 2.56. The van der Waals surface area contributed by atoms with Crippen molar-refractivity contribution < 1.29 is 19.5 Å². The molecule has 0 unspecified atom stereocenters. The fourth-order valence-electron chi connectivity index (χ4n) is 2.56. The maximum absolute atomic E-state index is 11.7. The Bertz CT molecular complexity index is 461. The van der Waals surface area contributed by atoms with Crippen molar-refractivity contribution in [3.8, 4) is 0 Å². The van der Waals surface area contributed by atoms with Crippen LogP contribution in [0, 0.1) is 11.8 Å². The molecule has 1 aliphatic rings. The topological polar surface area (TPSA) is 86.7 Å². The molecule has 1 atom stereocenters. The minimum absolute atomic E-state index is 0. The minimum atomic E-state index is -1.01. The van der Waals surface area contributed by atoms with Gasteiger partial charge in [0, 0.05) is 12.6 Å². The van der Waals surface area contributed by atoms with Crippen molar-refractivity contribution in [2.45, 2.75) is 86.1 Å². The van der Waals surface area contributed by atoms with Crippen LogP contribution in [0.1, 0.15) is 80.1 Å². The number of rotatable bonds is 7. The van der Waals surface area contributed by atoms with E-state index in [-0.39, 0.29) is 42.4 Å². The van der Waals surface area contributed by atoms with Gasteiger partial charge in [-0.05, 0) is 18.8 Å². The van der Waals surface area contributed by atoms with Crippen molar-refractivity contribution in [3.05, 3.63) is 11.6 Å². The lowest BCUT2D eigenvalue weighted by molar-refractivity contribution is -0.133. The number of nitrogens with zero attached hydrogens (tertiary/aromatic N) is 1. The van der Waals surface area contributed by atoms with Gasteiger partial charge in [0.15, 0.2) is 0 Å². The molecule has 0 saturated heterocycles. The zero-order chi connectivity index (χ0) is 22.1. The molecule has 1 saturated carbocycles. The highest BCUT2D eigenvalue weighted by Gasteiger charge is 2.21. The van der Waals surface area contributed by atoms with Crippen molar-refractivity contribution in [3.63, 3.8) is 0 Å². The van der Waals surface area contributed by atoms with Gasteiger partial charge in [0.25, 0.3) is 0 Å². The minimum Gasteiger partial charge on any atom is -0.478 e. The summed E-state index contributed by atoms with van der Waals surface area (Å²) in [6, 6.07) is -0.318. The van der Waals surface area contributed by atoms with E-state index >= 15 is 0 Å². The van der Waals surface area contributed by atoms with Crippen molar-refractivity contribution in [1.29, 1.82) is 0 Å². The summed E-state index contributed by atoms with van der Waals surface area (Å²) < 4.78 is 0. The average Bonchev–Trinajstić information content (AvgIpc) is 2.64. The Morgan fingerprint density at radius 3 is 1.66 bits per heavy atom. The number of hydrogen-bond donors (Lipinski definition) is 2. The lowest BCUT2D eigenvalue weighted by Crippen LogP contribution is -2.43. The first-order valence-corrected chi connectivity index (χ1v) is 10.4. The second-order valence-corrected chi connectivity index (χ2v) is 8.25. The van der Waals surface area contributed by atoms with E-state index in [0.717, 1.165) is 5.92 Å². The molecule has 6 nitrogen and oxygen atoms in total. The predicted molar refractivity (Wildman–Crippen MR) is 122 cm³/mol. The normalized spacial score (nSPS) is 14.3. The number of carboxylic acid groups (broad SMARTS) is 1. The number of nitrogens with one attached hydrogen (secondary N) is 1. The first kappa shape index (κ1) is 32.1. The summed E-state index contributed by atoms with van der Waals surface area (Å²) in [5.74, 6) is -0.368. The van der Waals surface area contributed by atoms with Gasteiger partial charge in [0.2, 0.25) is 12.3 Å². The highest BCUT2D eigenvalue weighted by atomic mass is 35.5. The molecule has 1 rings (SSSR count). The maximum Gasteiger partial charge on any atom is 0.331 e. The largest absolute Gasteiger partial charge is 0.478 e. The summed E-state index contributed by atoms with van der Waals surface area (Å²) in [4.78, 5) is 34.1. The molecular formula is C22H43ClN2O4. The molecule has 0 spiro atoms. The van der Waals surface area contributed by atoms with Gasteiger partial charge >= 0.3 is 5.97 Å². The van der Waals surface area contributed by atoms with E-state index in [0.29, 0.717) is 6.41 Å². The lowest BCUT2D eigenvalue weighted by Gasteiger charge is -2.29. The molecule has 0 aromatic rings. The van der Waals surface area contributed by atoms with Crippen LogP contribution in [0.15, 0.2) is 11.6 Å². The molecule has 2 amide bonds. The quantitative estimate of drug-likeness (QED) is 0.450. The molecule has 0 heterocycles. The standard InChI is InChI=1S/C12H20N2O4.C6H12.C4H10.ClH/c1-8(2)10(5-9(3)12(17)18)14(4)11(16)6-13-7-15;1-2-4-6-5-3-1;1-4(2)3;/h5,7-8,10H,6H2,1-4H3,(H,13,15)(H,17,18);1-6H2;4H,1-3H3;1H/b9-5+;;;/t10-;;;/m1.../s1. The van der Waals surface area contributed by atoms with E-state index in [1.165, 1.54) is 50.3 Å². The van der Waals surface area contributed by atoms with Gasteiger partial charge in [-0.25, -0.2) is 4.79 Å². The fraction of sp³-hybridized carbons (Fsp3) is 0.773. The number of amides is 2. The van der Waals surface area contributed by atoms with Crippen molar-refractivity contribution >= 4 is 30.7 Å². The monoisotopic (exact) mass is 434 g/mol. The number of aliphatic carboxylic acids is 1. The van der Waals surface area contributed by atoms with Crippen molar-refractivity contribution in [2.24, 2.45) is 11.8 Å². The van der Waals surface area contributed by atoms with E-state index in [9.17, 15) is 14.4 Å². The number of carboxylic acids is 1. The summed E-state index contributed by atoms with van der Waals surface area (Å²) in [5, 5.41) is 11.1. The molecule has 29 heavy (non-hydrogen) atoms. The average molecular weight is 435 g/mol. The van der Waals surface area contributed by atoms with Crippen LogP contribution in [-0.4, -0.2) is 47.9 Å². The second kappa shape index (κ2) is 19.7. The predicted octanol–water partition coefficient (Wildman–Crippen LogP) is 4.67. The third kappa shape index (κ3) is 19.5. The van der Waals surface area contributed by atoms with Crippen LogP contribution in [-0.2, 0) is 14.4 Å². The van der Waals surface area contributed by atoms with Gasteiger partial charge in [-0.15, -0.1) is 12.4 Å². The summed E-state index contributed by atoms with van der Waals surface area (Å²) in [5.41, 5.74) is 0.191. The maximum atomic E-state index is 11.7. The zero-order valence-corrected chi connectivity index (χ0v) is 20.2. The van der Waals surface area contributed by atoms with E-state index in [2.05, 4.69) is 26.1 Å². The number of carbonyl (C=O) groups is 3. The number of carbonyl (C=O) groups excluding carboxylic acids is 2. The van der Waals surface area contributed by atoms with Gasteiger partial charge in [-0.2, -0.15) is 0 Å². The highest BCUT2D eigenvalue weighted by Crippen LogP contribution is 2.15. The molecule has 0 radical (unpaired) electrons. The van der Waals surface area contributed by atoms with Crippen LogP contribution in [0.5, 0.6) is 0 Å². The van der Waals surface area contributed by atoms with E-state index in [1.54, 1.807) is 13.1 Å². The Labute approximate surface area is 183 Å². The first-order chi connectivity index (χ1) is 13.0. The molecule has 1 aliphatic carbocycles. The zero-order valence-electron chi connectivity index (χ0n) is 19.4. The van der Waals surface area contributed by atoms with Crippen molar-refractivity contribution in [2.75, 3.05) is 13.6 Å². The van der Waals surface area contributed by atoms with E-state index in [1.807, 2.05) is 13.8 Å². The van der Waals surface area contributed by atoms with Crippen molar-refractivity contribution in [1.82, 2.24) is 10.2 Å². The van der Waals surface area contributed by atoms with Crippen LogP contribution in [0.2, 0.25) is 0 Å². The Kier molecular flexibility index (Phi) is 21.9. The number of hydrogen-bond acceptors (Lipinski definition) is 3. The molecule has 0 bridgehead atoms. The Morgan fingerprint density at radius 1 is 1.00 bits per heavy atom. The number of likely N-dealkylation sites (N-methyl/N-ethyl adjacent to an activating group) is 1. The van der Waals surface area contributed by atoms with Crippen LogP contribution >= 0.6 is 12.4 Å². The summed E-state index contributed by atoms with van der Waals surface area (Å²) in [6.07, 6.45) is 11.0. The van der Waals surface area contributed by atoms with Gasteiger partial charge < -0.3 is 15.3 Å². The molecule has 0 aromatic carbocycles. The van der Waals surface area contributed by atoms with E-state index in [4.69, 9.17) is 5.11 Å². The van der Waals surface area contributed by atoms with E-state index < -0.39 is 5.97 Å². The summed E-state index contributed by atoms with van der Waals surface area (Å²) in [7, 11) is 1.59. The molecule has 2 N–H and O–H groups in total. The molecule has 1 fully saturated rings. The summed E-state index contributed by atoms with van der Waals surface area (Å²) >= 11 is 0. The number of halogens is 1. The lowest BCUT2D eigenvalue weighted by atomic mass is 10.00. The van der Waals surface area contributed by atoms with Crippen LogP contribution in [0.4, 0.5) is 0 Å². The second-order valence-electron chi connectivity index (χ2n) is 8.25. The smallest absolute Gasteiger partial charge is 0.331 e. The molecule has 0 aliphatic heterocycles. The van der Waals surface area contributed by atoms with Gasteiger partial charge in [0.1, 0.15) is 0 Å². The third-order valence-corrected chi connectivity index (χ3v) is 4.12. The van der Waals surface area contributed by atoms with Gasteiger partial charge in [-0.3, -0.25) is 9.59 Å².